The third-order valence-corrected chi connectivity index (χ3v) is 7.23. The molecule has 2 N–H and O–H groups in total. The van der Waals surface area contributed by atoms with Crippen LogP contribution >= 0.6 is 0 Å². The zero-order valence-electron chi connectivity index (χ0n) is 17.4. The predicted molar refractivity (Wildman–Crippen MR) is 109 cm³/mol. The molecule has 0 bridgehead atoms. The Kier molecular flexibility index (Phi) is 7.40. The zero-order chi connectivity index (χ0) is 25.2. The van der Waals surface area contributed by atoms with Crippen molar-refractivity contribution in [3.8, 4) is 6.07 Å². The molecule has 2 aromatic carbocycles. The Morgan fingerprint density at radius 2 is 1.61 bits per heavy atom. The number of alkyl halides is 6. The molecule has 12 heteroatoms. The van der Waals surface area contributed by atoms with Gasteiger partial charge in [0.15, 0.2) is 9.84 Å². The molecular weight excluding hydrogens is 474 g/mol. The van der Waals surface area contributed by atoms with Crippen molar-refractivity contribution < 1.29 is 39.9 Å². The molecular formula is C21H20F6N2O3S. The summed E-state index contributed by atoms with van der Waals surface area (Å²) < 4.78 is 104. The number of aliphatic hydroxyl groups is 1. The number of anilines is 1. The first-order chi connectivity index (χ1) is 15.0. The minimum atomic E-state index is -4.86. The van der Waals surface area contributed by atoms with Crippen LogP contribution in [0.2, 0.25) is 0 Å². The van der Waals surface area contributed by atoms with Gasteiger partial charge in [0, 0.05) is 12.2 Å². The summed E-state index contributed by atoms with van der Waals surface area (Å²) >= 11 is 0. The van der Waals surface area contributed by atoms with Gasteiger partial charge in [-0.15, -0.1) is 0 Å². The van der Waals surface area contributed by atoms with E-state index < -0.39 is 62.0 Å². The van der Waals surface area contributed by atoms with Crippen LogP contribution in [0.5, 0.6) is 0 Å². The van der Waals surface area contributed by atoms with E-state index in [9.17, 15) is 39.9 Å². The lowest BCUT2D eigenvalue weighted by atomic mass is 9.93. The average Bonchev–Trinajstić information content (AvgIpc) is 2.70. The van der Waals surface area contributed by atoms with E-state index in [1.165, 1.54) is 19.9 Å². The number of sulfone groups is 1. The Morgan fingerprint density at radius 1 is 1.00 bits per heavy atom. The van der Waals surface area contributed by atoms with Gasteiger partial charge < -0.3 is 10.4 Å². The summed E-state index contributed by atoms with van der Waals surface area (Å²) in [5.74, 6) is -0.978. The molecule has 5 nitrogen and oxygen atoms in total. The molecule has 0 aliphatic heterocycles. The van der Waals surface area contributed by atoms with Gasteiger partial charge in [-0.25, -0.2) is 8.42 Å². The first-order valence-corrected chi connectivity index (χ1v) is 11.2. The lowest BCUT2D eigenvalue weighted by Gasteiger charge is -2.30. The van der Waals surface area contributed by atoms with Crippen molar-refractivity contribution in [2.75, 3.05) is 17.6 Å². The van der Waals surface area contributed by atoms with Crippen LogP contribution in [0.3, 0.4) is 0 Å². The van der Waals surface area contributed by atoms with Gasteiger partial charge in [0.1, 0.15) is 5.60 Å². The molecule has 0 aliphatic rings. The van der Waals surface area contributed by atoms with Crippen molar-refractivity contribution in [2.45, 2.75) is 37.1 Å². The number of hydrogen-bond donors (Lipinski definition) is 2. The average molecular weight is 494 g/mol. The lowest BCUT2D eigenvalue weighted by molar-refractivity contribution is -0.138. The molecule has 0 spiro atoms. The number of benzene rings is 2. The molecule has 0 saturated heterocycles. The van der Waals surface area contributed by atoms with E-state index in [2.05, 4.69) is 5.32 Å². The Morgan fingerprint density at radius 3 is 2.12 bits per heavy atom. The van der Waals surface area contributed by atoms with Crippen LogP contribution in [0.15, 0.2) is 42.5 Å². The molecule has 2 aromatic rings. The second-order valence-corrected chi connectivity index (χ2v) is 10.2. The number of hydrogen-bond acceptors (Lipinski definition) is 5. The number of nitrogens with one attached hydrogen (secondary N) is 1. The number of nitrogens with zero attached hydrogens (tertiary/aromatic N) is 1. The largest absolute Gasteiger partial charge is 0.417 e. The van der Waals surface area contributed by atoms with Crippen molar-refractivity contribution in [2.24, 2.45) is 0 Å². The molecule has 180 valence electrons. The summed E-state index contributed by atoms with van der Waals surface area (Å²) in [6.07, 6.45) is -9.63. The van der Waals surface area contributed by atoms with E-state index in [0.29, 0.717) is 12.1 Å². The minimum absolute atomic E-state index is 0.214. The van der Waals surface area contributed by atoms with Crippen LogP contribution in [-0.2, 0) is 27.8 Å². The van der Waals surface area contributed by atoms with Crippen molar-refractivity contribution in [1.29, 1.82) is 5.26 Å². The maximum Gasteiger partial charge on any atom is 0.417 e. The molecule has 1 unspecified atom stereocenters. The second-order valence-electron chi connectivity index (χ2n) is 7.69. The van der Waals surface area contributed by atoms with Crippen LogP contribution in [0.1, 0.15) is 36.1 Å². The first-order valence-electron chi connectivity index (χ1n) is 9.46. The van der Waals surface area contributed by atoms with Crippen LogP contribution in [0, 0.1) is 11.3 Å². The minimum Gasteiger partial charge on any atom is -0.382 e. The Hall–Kier alpha value is -2.78. The Labute approximate surface area is 186 Å². The number of rotatable bonds is 7. The van der Waals surface area contributed by atoms with E-state index in [1.807, 2.05) is 0 Å². The molecule has 0 saturated carbocycles. The highest BCUT2D eigenvalue weighted by Crippen LogP contribution is 2.35. The van der Waals surface area contributed by atoms with Crippen LogP contribution in [0.25, 0.3) is 0 Å². The van der Waals surface area contributed by atoms with Crippen molar-refractivity contribution in [3.63, 3.8) is 0 Å². The highest BCUT2D eigenvalue weighted by Gasteiger charge is 2.39. The Bertz CT molecular complexity index is 1150. The predicted octanol–water partition coefficient (Wildman–Crippen LogP) is 4.72. The van der Waals surface area contributed by atoms with Gasteiger partial charge in [0.05, 0.1) is 33.8 Å². The SMILES string of the molecule is CC(C)S(=O)(=O)CC(O)(CNc1ccc(C#N)c(C(F)(F)F)c1)c1cccc(C(F)(F)F)c1. The van der Waals surface area contributed by atoms with E-state index >= 15 is 0 Å². The fraction of sp³-hybridized carbons (Fsp3) is 0.381. The summed E-state index contributed by atoms with van der Waals surface area (Å²) in [6.45, 7) is 1.93. The van der Waals surface area contributed by atoms with Crippen LogP contribution in [0.4, 0.5) is 32.0 Å². The van der Waals surface area contributed by atoms with Crippen molar-refractivity contribution >= 4 is 15.5 Å². The lowest BCUT2D eigenvalue weighted by Crippen LogP contribution is -2.43. The third kappa shape index (κ3) is 6.39. The second kappa shape index (κ2) is 9.23. The summed E-state index contributed by atoms with van der Waals surface area (Å²) in [4.78, 5) is 0. The summed E-state index contributed by atoms with van der Waals surface area (Å²) in [6, 6.07) is 7.44. The fourth-order valence-corrected chi connectivity index (χ4v) is 4.22. The quantitative estimate of drug-likeness (QED) is 0.544. The molecule has 1 atom stereocenters. The smallest absolute Gasteiger partial charge is 0.382 e. The van der Waals surface area contributed by atoms with Gasteiger partial charge >= 0.3 is 12.4 Å². The highest BCUT2D eigenvalue weighted by molar-refractivity contribution is 7.92. The summed E-state index contributed by atoms with van der Waals surface area (Å²) in [5.41, 5.74) is -6.03. The maximum atomic E-state index is 13.2. The molecule has 33 heavy (non-hydrogen) atoms. The van der Waals surface area contributed by atoms with Gasteiger partial charge in [-0.3, -0.25) is 0 Å². The monoisotopic (exact) mass is 494 g/mol. The Balaban J connectivity index is 2.50. The van der Waals surface area contributed by atoms with Crippen molar-refractivity contribution in [3.05, 3.63) is 64.7 Å². The van der Waals surface area contributed by atoms with Gasteiger partial charge in [-0.05, 0) is 49.7 Å². The third-order valence-electron chi connectivity index (χ3n) is 4.92. The topological polar surface area (TPSA) is 90.2 Å². The van der Waals surface area contributed by atoms with Crippen LogP contribution < -0.4 is 5.32 Å². The standard InChI is InChI=1S/C21H20F6N2O3S/c1-13(2)33(31,32)12-19(30,15-4-3-5-16(8-15)20(22,23)24)11-29-17-7-6-14(10-28)18(9-17)21(25,26)27/h3-9,13,29-30H,11-12H2,1-2H3. The van der Waals surface area contributed by atoms with Gasteiger partial charge in [0.25, 0.3) is 0 Å². The molecule has 0 radical (unpaired) electrons. The zero-order valence-corrected chi connectivity index (χ0v) is 18.2. The fourth-order valence-electron chi connectivity index (χ4n) is 2.96. The maximum absolute atomic E-state index is 13.2. The summed E-state index contributed by atoms with van der Waals surface area (Å²) in [7, 11) is -3.99. The van der Waals surface area contributed by atoms with Gasteiger partial charge in [0.2, 0.25) is 0 Å². The molecule has 0 aliphatic carbocycles. The molecule has 0 amide bonds. The molecule has 0 heterocycles. The van der Waals surface area contributed by atoms with Gasteiger partial charge in [-0.1, -0.05) is 12.1 Å². The van der Waals surface area contributed by atoms with E-state index in [1.54, 1.807) is 0 Å². The van der Waals surface area contributed by atoms with Crippen LogP contribution in [-0.4, -0.2) is 31.1 Å². The van der Waals surface area contributed by atoms with Crippen molar-refractivity contribution in [1.82, 2.24) is 0 Å². The van der Waals surface area contributed by atoms with E-state index in [-0.39, 0.29) is 11.3 Å². The molecule has 2 rings (SSSR count). The van der Waals surface area contributed by atoms with E-state index in [0.717, 1.165) is 30.3 Å². The molecule has 0 aromatic heterocycles. The molecule has 0 fully saturated rings. The highest BCUT2D eigenvalue weighted by atomic mass is 32.2. The van der Waals surface area contributed by atoms with Gasteiger partial charge in [-0.2, -0.15) is 31.6 Å². The van der Waals surface area contributed by atoms with E-state index in [4.69, 9.17) is 5.26 Å². The number of halogens is 6. The summed E-state index contributed by atoms with van der Waals surface area (Å²) in [5, 5.41) is 21.5. The normalized spacial score (nSPS) is 14.6. The first kappa shape index (κ1) is 26.5. The number of nitriles is 1.